The second kappa shape index (κ2) is 9.13. The van der Waals surface area contributed by atoms with E-state index < -0.39 is 0 Å². The van der Waals surface area contributed by atoms with Gasteiger partial charge < -0.3 is 4.90 Å². The van der Waals surface area contributed by atoms with Crippen LogP contribution in [-0.4, -0.2) is 53.4 Å². The predicted octanol–water partition coefficient (Wildman–Crippen LogP) is 4.09. The van der Waals surface area contributed by atoms with E-state index >= 15 is 0 Å². The number of amides is 1. The molecular formula is C23H25N3OS. The van der Waals surface area contributed by atoms with Gasteiger partial charge in [-0.05, 0) is 17.7 Å². The minimum atomic E-state index is 0.249. The Morgan fingerprint density at radius 1 is 1.00 bits per heavy atom. The van der Waals surface area contributed by atoms with Crippen LogP contribution in [0.25, 0.3) is 16.3 Å². The van der Waals surface area contributed by atoms with E-state index in [1.807, 2.05) is 29.2 Å². The van der Waals surface area contributed by atoms with Crippen molar-refractivity contribution in [2.75, 3.05) is 32.7 Å². The molecule has 0 bridgehead atoms. The number of hydrogen-bond acceptors (Lipinski definition) is 4. The summed E-state index contributed by atoms with van der Waals surface area (Å²) in [6.07, 6.45) is 5.65. The molecule has 0 atom stereocenters. The molecule has 1 aliphatic heterocycles. The largest absolute Gasteiger partial charge is 0.340 e. The fourth-order valence-electron chi connectivity index (χ4n) is 3.48. The van der Waals surface area contributed by atoms with Crippen LogP contribution in [0.3, 0.4) is 0 Å². The number of carbonyl (C=O) groups is 1. The van der Waals surface area contributed by atoms with Crippen LogP contribution in [0.5, 0.6) is 0 Å². The van der Waals surface area contributed by atoms with Crippen LogP contribution in [0.1, 0.15) is 17.0 Å². The van der Waals surface area contributed by atoms with E-state index in [1.54, 1.807) is 11.3 Å². The highest BCUT2D eigenvalue weighted by atomic mass is 32.1. The van der Waals surface area contributed by atoms with Gasteiger partial charge in [0.05, 0.1) is 15.2 Å². The fourth-order valence-corrected chi connectivity index (χ4v) is 4.45. The lowest BCUT2D eigenvalue weighted by molar-refractivity contribution is -0.132. The lowest BCUT2D eigenvalue weighted by atomic mass is 10.2. The van der Waals surface area contributed by atoms with Gasteiger partial charge in [0.15, 0.2) is 0 Å². The Balaban J connectivity index is 1.21. The molecular weight excluding hydrogens is 366 g/mol. The van der Waals surface area contributed by atoms with E-state index in [0.29, 0.717) is 6.42 Å². The van der Waals surface area contributed by atoms with Crippen LogP contribution in [0.15, 0.2) is 60.7 Å². The molecule has 3 aromatic rings. The summed E-state index contributed by atoms with van der Waals surface area (Å²) < 4.78 is 1.20. The molecule has 0 radical (unpaired) electrons. The zero-order chi connectivity index (χ0) is 19.2. The lowest BCUT2D eigenvalue weighted by Crippen LogP contribution is -2.48. The smallest absolute Gasteiger partial charge is 0.223 e. The monoisotopic (exact) mass is 391 g/mol. The number of piperazine rings is 1. The fraction of sp³-hybridized carbons (Fsp3) is 0.304. The zero-order valence-electron chi connectivity index (χ0n) is 16.0. The number of para-hydroxylation sites is 1. The summed E-state index contributed by atoms with van der Waals surface area (Å²) in [5, 5.41) is 1.05. The first kappa shape index (κ1) is 18.8. The summed E-state index contributed by atoms with van der Waals surface area (Å²) in [4.78, 5) is 21.6. The average Bonchev–Trinajstić information content (AvgIpc) is 3.16. The quantitative estimate of drug-likeness (QED) is 0.635. The molecule has 1 amide bonds. The summed E-state index contributed by atoms with van der Waals surface area (Å²) in [5.41, 5.74) is 2.26. The summed E-state index contributed by atoms with van der Waals surface area (Å²) in [6, 6.07) is 18.5. The third-order valence-corrected chi connectivity index (χ3v) is 6.19. The number of aryl methyl sites for hydroxylation is 1. The second-order valence-electron chi connectivity index (χ2n) is 7.07. The van der Waals surface area contributed by atoms with Crippen molar-refractivity contribution < 1.29 is 4.79 Å². The number of hydrogen-bond donors (Lipinski definition) is 0. The highest BCUT2D eigenvalue weighted by Crippen LogP contribution is 2.22. The van der Waals surface area contributed by atoms with Crippen LogP contribution in [-0.2, 0) is 11.2 Å². The van der Waals surface area contributed by atoms with Gasteiger partial charge >= 0.3 is 0 Å². The van der Waals surface area contributed by atoms with Crippen molar-refractivity contribution in [3.63, 3.8) is 0 Å². The van der Waals surface area contributed by atoms with Crippen molar-refractivity contribution in [2.45, 2.75) is 12.8 Å². The molecule has 4 rings (SSSR count). The molecule has 1 aromatic heterocycles. The Kier molecular flexibility index (Phi) is 6.14. The van der Waals surface area contributed by atoms with Gasteiger partial charge in [-0.2, -0.15) is 0 Å². The van der Waals surface area contributed by atoms with Gasteiger partial charge in [-0.25, -0.2) is 4.98 Å². The molecule has 0 spiro atoms. The van der Waals surface area contributed by atoms with E-state index in [2.05, 4.69) is 52.4 Å². The average molecular weight is 392 g/mol. The second-order valence-corrected chi connectivity index (χ2v) is 8.18. The van der Waals surface area contributed by atoms with Gasteiger partial charge in [-0.3, -0.25) is 9.69 Å². The molecule has 0 saturated carbocycles. The molecule has 1 aliphatic rings. The van der Waals surface area contributed by atoms with E-state index in [1.165, 1.54) is 10.3 Å². The van der Waals surface area contributed by atoms with Crippen molar-refractivity contribution in [1.82, 2.24) is 14.8 Å². The van der Waals surface area contributed by atoms with E-state index in [4.69, 9.17) is 0 Å². The maximum atomic E-state index is 12.6. The number of benzene rings is 2. The summed E-state index contributed by atoms with van der Waals surface area (Å²) in [6.45, 7) is 4.44. The highest BCUT2D eigenvalue weighted by Gasteiger charge is 2.20. The van der Waals surface area contributed by atoms with Crippen molar-refractivity contribution in [2.24, 2.45) is 0 Å². The van der Waals surface area contributed by atoms with Gasteiger partial charge in [0.1, 0.15) is 0 Å². The van der Waals surface area contributed by atoms with Crippen molar-refractivity contribution in [3.05, 3.63) is 71.2 Å². The first-order chi connectivity index (χ1) is 13.8. The summed E-state index contributed by atoms with van der Waals surface area (Å²) in [7, 11) is 0. The summed E-state index contributed by atoms with van der Waals surface area (Å²) in [5.74, 6) is 0.249. The van der Waals surface area contributed by atoms with E-state index in [9.17, 15) is 4.79 Å². The first-order valence-electron chi connectivity index (χ1n) is 9.84. The molecule has 0 N–H and O–H groups in total. The van der Waals surface area contributed by atoms with Crippen LogP contribution < -0.4 is 0 Å². The molecule has 28 heavy (non-hydrogen) atoms. The third-order valence-electron chi connectivity index (χ3n) is 5.09. The van der Waals surface area contributed by atoms with E-state index in [0.717, 1.165) is 49.7 Å². The van der Waals surface area contributed by atoms with E-state index in [-0.39, 0.29) is 5.91 Å². The number of aromatic nitrogens is 1. The Bertz CT molecular complexity index is 910. The van der Waals surface area contributed by atoms with Crippen LogP contribution in [0.2, 0.25) is 0 Å². The lowest BCUT2D eigenvalue weighted by Gasteiger charge is -2.34. The third kappa shape index (κ3) is 4.86. The molecule has 2 heterocycles. The van der Waals surface area contributed by atoms with Crippen LogP contribution in [0, 0.1) is 0 Å². The van der Waals surface area contributed by atoms with Crippen LogP contribution >= 0.6 is 11.3 Å². The standard InChI is InChI=1S/C23H25N3OS/c27-23(13-12-22-24-20-10-4-5-11-21(20)28-22)26-17-15-25(16-18-26)14-6-9-19-7-2-1-3-8-19/h1-11H,12-18H2/b9-6+. The van der Waals surface area contributed by atoms with Gasteiger partial charge in [0.25, 0.3) is 0 Å². The Morgan fingerprint density at radius 2 is 1.75 bits per heavy atom. The number of thiazole rings is 1. The Morgan fingerprint density at radius 3 is 2.54 bits per heavy atom. The first-order valence-corrected chi connectivity index (χ1v) is 10.7. The van der Waals surface area contributed by atoms with Gasteiger partial charge in [0, 0.05) is 45.6 Å². The van der Waals surface area contributed by atoms with Gasteiger partial charge in [-0.15, -0.1) is 11.3 Å². The number of rotatable bonds is 6. The van der Waals surface area contributed by atoms with Crippen molar-refractivity contribution >= 4 is 33.5 Å². The van der Waals surface area contributed by atoms with Crippen LogP contribution in [0.4, 0.5) is 0 Å². The minimum absolute atomic E-state index is 0.249. The number of nitrogens with zero attached hydrogens (tertiary/aromatic N) is 3. The Hall–Kier alpha value is -2.50. The maximum absolute atomic E-state index is 12.6. The highest BCUT2D eigenvalue weighted by molar-refractivity contribution is 7.18. The molecule has 5 heteroatoms. The molecule has 4 nitrogen and oxygen atoms in total. The molecule has 1 saturated heterocycles. The molecule has 0 aliphatic carbocycles. The predicted molar refractivity (Wildman–Crippen MR) is 116 cm³/mol. The van der Waals surface area contributed by atoms with Crippen molar-refractivity contribution in [3.8, 4) is 0 Å². The molecule has 0 unspecified atom stereocenters. The molecule has 144 valence electrons. The van der Waals surface area contributed by atoms with Gasteiger partial charge in [-0.1, -0.05) is 54.6 Å². The van der Waals surface area contributed by atoms with Gasteiger partial charge in [0.2, 0.25) is 5.91 Å². The minimum Gasteiger partial charge on any atom is -0.340 e. The SMILES string of the molecule is O=C(CCc1nc2ccccc2s1)N1CCN(C/C=C/c2ccccc2)CC1. The summed E-state index contributed by atoms with van der Waals surface area (Å²) >= 11 is 1.70. The number of carbonyl (C=O) groups excluding carboxylic acids is 1. The topological polar surface area (TPSA) is 36.4 Å². The normalized spacial score (nSPS) is 15.5. The molecule has 2 aromatic carbocycles. The zero-order valence-corrected chi connectivity index (χ0v) is 16.8. The Labute approximate surface area is 170 Å². The maximum Gasteiger partial charge on any atom is 0.223 e. The number of fused-ring (bicyclic) bond motifs is 1. The molecule has 1 fully saturated rings. The van der Waals surface area contributed by atoms with Crippen molar-refractivity contribution in [1.29, 1.82) is 0 Å².